The fourth-order valence-corrected chi connectivity index (χ4v) is 2.15. The molecule has 0 radical (unpaired) electrons. The summed E-state index contributed by atoms with van der Waals surface area (Å²) in [6.07, 6.45) is 1.81. The van der Waals surface area contributed by atoms with Crippen molar-refractivity contribution in [3.63, 3.8) is 0 Å². The Labute approximate surface area is 89.6 Å². The minimum absolute atomic E-state index is 0.135. The van der Waals surface area contributed by atoms with E-state index in [2.05, 4.69) is 6.58 Å². The minimum atomic E-state index is -0.258. The molecule has 0 saturated heterocycles. The lowest BCUT2D eigenvalue weighted by atomic mass is 9.94. The van der Waals surface area contributed by atoms with Gasteiger partial charge in [-0.1, -0.05) is 12.2 Å². The van der Waals surface area contributed by atoms with Gasteiger partial charge in [0.05, 0.1) is 7.11 Å². The lowest BCUT2D eigenvalue weighted by molar-refractivity contribution is -0.136. The first-order chi connectivity index (χ1) is 6.61. The Kier molecular flexibility index (Phi) is 3.76. The molecule has 1 rings (SSSR count). The van der Waals surface area contributed by atoms with Crippen LogP contribution in [-0.2, 0) is 9.53 Å². The summed E-state index contributed by atoms with van der Waals surface area (Å²) in [4.78, 5) is 11.5. The first kappa shape index (κ1) is 11.3. The van der Waals surface area contributed by atoms with Crippen molar-refractivity contribution in [1.82, 2.24) is 0 Å². The van der Waals surface area contributed by atoms with Crippen molar-refractivity contribution in [1.29, 1.82) is 0 Å². The summed E-state index contributed by atoms with van der Waals surface area (Å²) >= 11 is 5.78. The zero-order valence-electron chi connectivity index (χ0n) is 8.60. The van der Waals surface area contributed by atoms with E-state index in [1.165, 1.54) is 7.11 Å². The van der Waals surface area contributed by atoms with Crippen LogP contribution in [0, 0.1) is 5.92 Å². The Morgan fingerprint density at radius 3 is 2.79 bits per heavy atom. The lowest BCUT2D eigenvalue weighted by Crippen LogP contribution is -2.13. The maximum atomic E-state index is 11.5. The van der Waals surface area contributed by atoms with Crippen LogP contribution in [0.4, 0.5) is 0 Å². The van der Waals surface area contributed by atoms with Gasteiger partial charge in [0, 0.05) is 17.4 Å². The van der Waals surface area contributed by atoms with Crippen LogP contribution < -0.4 is 0 Å². The van der Waals surface area contributed by atoms with Crippen molar-refractivity contribution in [2.45, 2.75) is 19.8 Å². The van der Waals surface area contributed by atoms with Crippen molar-refractivity contribution in [3.05, 3.63) is 23.3 Å². The van der Waals surface area contributed by atoms with E-state index >= 15 is 0 Å². The van der Waals surface area contributed by atoms with Gasteiger partial charge in [-0.3, -0.25) is 0 Å². The molecular weight excluding hydrogens is 200 g/mol. The molecule has 0 bridgehead atoms. The fourth-order valence-electron chi connectivity index (χ4n) is 1.87. The number of hydrogen-bond acceptors (Lipinski definition) is 2. The Hall–Kier alpha value is -0.760. The molecule has 0 aromatic rings. The van der Waals surface area contributed by atoms with Crippen LogP contribution in [0.3, 0.4) is 0 Å². The van der Waals surface area contributed by atoms with Gasteiger partial charge < -0.3 is 4.74 Å². The van der Waals surface area contributed by atoms with Crippen LogP contribution in [0.2, 0.25) is 0 Å². The fraction of sp³-hybridized carbons (Fsp3) is 0.545. The van der Waals surface area contributed by atoms with Gasteiger partial charge in [0.2, 0.25) is 0 Å². The van der Waals surface area contributed by atoms with E-state index in [9.17, 15) is 4.79 Å². The first-order valence-corrected chi connectivity index (χ1v) is 5.16. The molecule has 0 saturated carbocycles. The summed E-state index contributed by atoms with van der Waals surface area (Å²) in [5.41, 5.74) is 2.74. The number of carbonyl (C=O) groups excluding carboxylic acids is 1. The number of halogens is 1. The van der Waals surface area contributed by atoms with Gasteiger partial charge in [-0.15, -0.1) is 11.6 Å². The molecule has 3 heteroatoms. The highest BCUT2D eigenvalue weighted by atomic mass is 35.5. The number of alkyl halides is 1. The van der Waals surface area contributed by atoms with Crippen molar-refractivity contribution >= 4 is 17.6 Å². The van der Waals surface area contributed by atoms with Gasteiger partial charge in [0.1, 0.15) is 0 Å². The predicted molar refractivity (Wildman–Crippen MR) is 57.3 cm³/mol. The second-order valence-corrected chi connectivity index (χ2v) is 3.85. The van der Waals surface area contributed by atoms with Gasteiger partial charge in [-0.2, -0.15) is 0 Å². The predicted octanol–water partition coefficient (Wildman–Crippen LogP) is 2.68. The molecule has 2 nitrogen and oxygen atoms in total. The summed E-state index contributed by atoms with van der Waals surface area (Å²) in [7, 11) is 1.40. The van der Waals surface area contributed by atoms with Gasteiger partial charge in [0.15, 0.2) is 0 Å². The Morgan fingerprint density at radius 1 is 1.71 bits per heavy atom. The SMILES string of the molecule is C=C(C)[C@@H]1CCC(CCl)=C1C(=O)OC. The van der Waals surface area contributed by atoms with E-state index in [1.807, 2.05) is 6.92 Å². The summed E-state index contributed by atoms with van der Waals surface area (Å²) in [6, 6.07) is 0. The number of carbonyl (C=O) groups is 1. The summed E-state index contributed by atoms with van der Waals surface area (Å²) < 4.78 is 4.75. The number of hydrogen-bond donors (Lipinski definition) is 0. The molecule has 14 heavy (non-hydrogen) atoms. The molecular formula is C11H15ClO2. The van der Waals surface area contributed by atoms with E-state index in [4.69, 9.17) is 16.3 Å². The van der Waals surface area contributed by atoms with E-state index in [0.29, 0.717) is 5.88 Å². The molecule has 1 aliphatic rings. The lowest BCUT2D eigenvalue weighted by Gasteiger charge is -2.13. The van der Waals surface area contributed by atoms with Crippen molar-refractivity contribution < 1.29 is 9.53 Å². The third-order valence-corrected chi connectivity index (χ3v) is 2.95. The second-order valence-electron chi connectivity index (χ2n) is 3.58. The highest BCUT2D eigenvalue weighted by Crippen LogP contribution is 2.37. The molecule has 0 amide bonds. The average Bonchev–Trinajstić information content (AvgIpc) is 2.59. The van der Waals surface area contributed by atoms with Crippen LogP contribution in [0.1, 0.15) is 19.8 Å². The monoisotopic (exact) mass is 214 g/mol. The van der Waals surface area contributed by atoms with Crippen LogP contribution in [0.25, 0.3) is 0 Å². The van der Waals surface area contributed by atoms with Crippen LogP contribution in [0.15, 0.2) is 23.3 Å². The van der Waals surface area contributed by atoms with E-state index in [1.54, 1.807) is 0 Å². The zero-order chi connectivity index (χ0) is 10.7. The van der Waals surface area contributed by atoms with Gasteiger partial charge in [-0.25, -0.2) is 4.79 Å². The smallest absolute Gasteiger partial charge is 0.334 e. The van der Waals surface area contributed by atoms with E-state index < -0.39 is 0 Å². The number of allylic oxidation sites excluding steroid dienone is 2. The molecule has 0 aromatic carbocycles. The molecule has 0 N–H and O–H groups in total. The first-order valence-electron chi connectivity index (χ1n) is 4.63. The van der Waals surface area contributed by atoms with Crippen LogP contribution >= 0.6 is 11.6 Å². The molecule has 0 heterocycles. The highest BCUT2D eigenvalue weighted by molar-refractivity contribution is 6.20. The zero-order valence-corrected chi connectivity index (χ0v) is 9.36. The largest absolute Gasteiger partial charge is 0.466 e. The second kappa shape index (κ2) is 4.65. The molecule has 1 aliphatic carbocycles. The number of ether oxygens (including phenoxy) is 1. The molecule has 0 spiro atoms. The van der Waals surface area contributed by atoms with Crippen molar-refractivity contribution in [2.75, 3.05) is 13.0 Å². The van der Waals surface area contributed by atoms with Gasteiger partial charge in [0.25, 0.3) is 0 Å². The third-order valence-electron chi connectivity index (χ3n) is 2.63. The molecule has 0 fully saturated rings. The summed E-state index contributed by atoms with van der Waals surface area (Å²) in [5, 5.41) is 0. The number of rotatable bonds is 3. The standard InChI is InChI=1S/C11H15ClO2/c1-7(2)9-5-4-8(6-12)10(9)11(13)14-3/h9H,1,4-6H2,2-3H3/t9-/m0/s1. The van der Waals surface area contributed by atoms with E-state index in [-0.39, 0.29) is 11.9 Å². The molecule has 0 aromatic heterocycles. The van der Waals surface area contributed by atoms with Crippen LogP contribution in [-0.4, -0.2) is 19.0 Å². The maximum Gasteiger partial charge on any atom is 0.334 e. The topological polar surface area (TPSA) is 26.3 Å². The average molecular weight is 215 g/mol. The minimum Gasteiger partial charge on any atom is -0.466 e. The quantitative estimate of drug-likeness (QED) is 0.410. The highest BCUT2D eigenvalue weighted by Gasteiger charge is 2.30. The normalized spacial score (nSPS) is 21.2. The Morgan fingerprint density at radius 2 is 2.36 bits per heavy atom. The van der Waals surface area contributed by atoms with Crippen molar-refractivity contribution in [2.24, 2.45) is 5.92 Å². The van der Waals surface area contributed by atoms with Gasteiger partial charge >= 0.3 is 5.97 Å². The Bertz CT molecular complexity index is 292. The molecule has 0 unspecified atom stereocenters. The molecule has 1 atom stereocenters. The van der Waals surface area contributed by atoms with E-state index in [0.717, 1.165) is 29.6 Å². The summed E-state index contributed by atoms with van der Waals surface area (Å²) in [5.74, 6) is 0.288. The maximum absolute atomic E-state index is 11.5. The number of methoxy groups -OCH3 is 1. The van der Waals surface area contributed by atoms with Gasteiger partial charge in [-0.05, 0) is 25.3 Å². The van der Waals surface area contributed by atoms with Crippen LogP contribution in [0.5, 0.6) is 0 Å². The van der Waals surface area contributed by atoms with Crippen molar-refractivity contribution in [3.8, 4) is 0 Å². The number of esters is 1. The molecule has 0 aliphatic heterocycles. The molecule has 78 valence electrons. The summed E-state index contributed by atoms with van der Waals surface area (Å²) in [6.45, 7) is 5.82. The Balaban J connectivity index is 3.00. The third kappa shape index (κ3) is 2.01.